The summed E-state index contributed by atoms with van der Waals surface area (Å²) in [7, 11) is 0. The first kappa shape index (κ1) is 11.7. The van der Waals surface area contributed by atoms with E-state index in [4.69, 9.17) is 5.73 Å². The molecule has 0 aliphatic carbocycles. The third-order valence-corrected chi connectivity index (χ3v) is 3.26. The van der Waals surface area contributed by atoms with Crippen LogP contribution in [0.4, 0.5) is 5.69 Å². The Morgan fingerprint density at radius 2 is 1.74 bits per heavy atom. The van der Waals surface area contributed by atoms with Gasteiger partial charge in [-0.05, 0) is 11.6 Å². The molecule has 0 bridgehead atoms. The Kier molecular flexibility index (Phi) is 2.89. The van der Waals surface area contributed by atoms with Crippen LogP contribution in [0.15, 0.2) is 60.8 Å². The molecule has 0 aliphatic rings. The molecule has 2 aromatic carbocycles. The molecule has 1 aromatic heterocycles. The van der Waals surface area contributed by atoms with Crippen LogP contribution in [0, 0.1) is 0 Å². The fourth-order valence-corrected chi connectivity index (χ4v) is 2.24. The van der Waals surface area contributed by atoms with Crippen molar-refractivity contribution in [2.75, 3.05) is 5.73 Å². The van der Waals surface area contributed by atoms with Gasteiger partial charge >= 0.3 is 0 Å². The van der Waals surface area contributed by atoms with Crippen LogP contribution in [0.3, 0.4) is 0 Å². The average Bonchev–Trinajstić information content (AvgIpc) is 2.48. The van der Waals surface area contributed by atoms with E-state index in [0.717, 1.165) is 16.5 Å². The molecule has 1 atom stereocenters. The smallest absolute Gasteiger partial charge is 0.106 e. The van der Waals surface area contributed by atoms with Crippen molar-refractivity contribution >= 4 is 16.6 Å². The van der Waals surface area contributed by atoms with Crippen molar-refractivity contribution in [2.24, 2.45) is 0 Å². The molecule has 0 saturated heterocycles. The summed E-state index contributed by atoms with van der Waals surface area (Å²) in [4.78, 5) is 4.28. The first-order chi connectivity index (χ1) is 9.27. The number of aromatic nitrogens is 1. The van der Waals surface area contributed by atoms with Crippen molar-refractivity contribution in [3.63, 3.8) is 0 Å². The minimum Gasteiger partial charge on any atom is -0.397 e. The molecular weight excluding hydrogens is 236 g/mol. The maximum Gasteiger partial charge on any atom is 0.106 e. The molecule has 3 rings (SSSR count). The van der Waals surface area contributed by atoms with Gasteiger partial charge in [0.15, 0.2) is 0 Å². The Morgan fingerprint density at radius 1 is 0.947 bits per heavy atom. The predicted molar refractivity (Wildman–Crippen MR) is 76.7 cm³/mol. The first-order valence-corrected chi connectivity index (χ1v) is 6.13. The highest BCUT2D eigenvalue weighted by Gasteiger charge is 2.15. The van der Waals surface area contributed by atoms with Gasteiger partial charge in [-0.2, -0.15) is 0 Å². The molecule has 0 radical (unpaired) electrons. The van der Waals surface area contributed by atoms with Gasteiger partial charge in [-0.3, -0.25) is 4.98 Å². The zero-order valence-electron chi connectivity index (χ0n) is 10.3. The summed E-state index contributed by atoms with van der Waals surface area (Å²) >= 11 is 0. The van der Waals surface area contributed by atoms with Crippen LogP contribution in [-0.2, 0) is 0 Å². The minimum atomic E-state index is -0.729. The molecule has 1 unspecified atom stereocenters. The van der Waals surface area contributed by atoms with E-state index in [1.54, 1.807) is 6.20 Å². The normalized spacial score (nSPS) is 12.5. The van der Waals surface area contributed by atoms with E-state index in [0.29, 0.717) is 11.3 Å². The first-order valence-electron chi connectivity index (χ1n) is 6.13. The summed E-state index contributed by atoms with van der Waals surface area (Å²) in [6.07, 6.45) is 0.977. The van der Waals surface area contributed by atoms with Gasteiger partial charge in [0.05, 0.1) is 11.2 Å². The number of pyridine rings is 1. The van der Waals surface area contributed by atoms with Gasteiger partial charge in [-0.1, -0.05) is 48.5 Å². The third-order valence-electron chi connectivity index (χ3n) is 3.26. The molecule has 1 heterocycles. The highest BCUT2D eigenvalue weighted by molar-refractivity contribution is 5.91. The quantitative estimate of drug-likeness (QED) is 0.687. The molecule has 3 heteroatoms. The van der Waals surface area contributed by atoms with Crippen molar-refractivity contribution in [3.8, 4) is 0 Å². The molecule has 0 amide bonds. The number of nitrogens with zero attached hydrogens (tertiary/aromatic N) is 1. The Labute approximate surface area is 111 Å². The Morgan fingerprint density at radius 3 is 2.53 bits per heavy atom. The monoisotopic (exact) mass is 250 g/mol. The lowest BCUT2D eigenvalue weighted by Crippen LogP contribution is -2.04. The van der Waals surface area contributed by atoms with E-state index in [9.17, 15) is 5.11 Å². The molecular formula is C16H14N2O. The summed E-state index contributed by atoms with van der Waals surface area (Å²) in [5.74, 6) is 0. The highest BCUT2D eigenvalue weighted by Crippen LogP contribution is 2.30. The molecule has 3 N–H and O–H groups in total. The number of hydrogen-bond donors (Lipinski definition) is 2. The fourth-order valence-electron chi connectivity index (χ4n) is 2.24. The SMILES string of the molecule is Nc1c(C(O)c2ccccc2)ccc2cccnc12. The summed E-state index contributed by atoms with van der Waals surface area (Å²) < 4.78 is 0. The number of hydrogen-bond acceptors (Lipinski definition) is 3. The highest BCUT2D eigenvalue weighted by atomic mass is 16.3. The molecule has 19 heavy (non-hydrogen) atoms. The summed E-state index contributed by atoms with van der Waals surface area (Å²) in [6, 6.07) is 17.1. The van der Waals surface area contributed by atoms with Gasteiger partial charge in [-0.15, -0.1) is 0 Å². The number of anilines is 1. The molecule has 3 aromatic rings. The molecule has 0 fully saturated rings. The van der Waals surface area contributed by atoms with Crippen LogP contribution in [0.2, 0.25) is 0 Å². The second-order valence-electron chi connectivity index (χ2n) is 4.46. The lowest BCUT2D eigenvalue weighted by molar-refractivity contribution is 0.221. The van der Waals surface area contributed by atoms with Crippen LogP contribution in [0.25, 0.3) is 10.9 Å². The second-order valence-corrected chi connectivity index (χ2v) is 4.46. The summed E-state index contributed by atoms with van der Waals surface area (Å²) in [6.45, 7) is 0. The van der Waals surface area contributed by atoms with Crippen molar-refractivity contribution < 1.29 is 5.11 Å². The summed E-state index contributed by atoms with van der Waals surface area (Å²) in [5.41, 5.74) is 8.92. The van der Waals surface area contributed by atoms with Crippen LogP contribution in [-0.4, -0.2) is 10.1 Å². The van der Waals surface area contributed by atoms with Crippen molar-refractivity contribution in [1.82, 2.24) is 4.98 Å². The van der Waals surface area contributed by atoms with Crippen LogP contribution in [0.1, 0.15) is 17.2 Å². The van der Waals surface area contributed by atoms with Crippen LogP contribution in [0.5, 0.6) is 0 Å². The van der Waals surface area contributed by atoms with E-state index < -0.39 is 6.10 Å². The lowest BCUT2D eigenvalue weighted by atomic mass is 9.98. The van der Waals surface area contributed by atoms with Crippen LogP contribution >= 0.6 is 0 Å². The van der Waals surface area contributed by atoms with Gasteiger partial charge in [0.25, 0.3) is 0 Å². The Bertz CT molecular complexity index is 710. The number of benzene rings is 2. The van der Waals surface area contributed by atoms with Crippen molar-refractivity contribution in [2.45, 2.75) is 6.10 Å². The zero-order chi connectivity index (χ0) is 13.2. The van der Waals surface area contributed by atoms with Crippen LogP contribution < -0.4 is 5.73 Å². The summed E-state index contributed by atoms with van der Waals surface area (Å²) in [5, 5.41) is 11.4. The maximum absolute atomic E-state index is 10.4. The second kappa shape index (κ2) is 4.71. The number of fused-ring (bicyclic) bond motifs is 1. The van der Waals surface area contributed by atoms with E-state index in [-0.39, 0.29) is 0 Å². The maximum atomic E-state index is 10.4. The molecule has 0 saturated carbocycles. The van der Waals surface area contributed by atoms with E-state index in [1.165, 1.54) is 0 Å². The van der Waals surface area contributed by atoms with Gasteiger partial charge in [0, 0.05) is 17.1 Å². The van der Waals surface area contributed by atoms with Crippen molar-refractivity contribution in [3.05, 3.63) is 71.9 Å². The largest absolute Gasteiger partial charge is 0.397 e. The molecule has 0 spiro atoms. The van der Waals surface area contributed by atoms with Crippen molar-refractivity contribution in [1.29, 1.82) is 0 Å². The fraction of sp³-hybridized carbons (Fsp3) is 0.0625. The number of aliphatic hydroxyl groups excluding tert-OH is 1. The van der Waals surface area contributed by atoms with Gasteiger partial charge in [-0.25, -0.2) is 0 Å². The topological polar surface area (TPSA) is 59.1 Å². The number of nitrogens with two attached hydrogens (primary N) is 1. The number of nitrogen functional groups attached to an aromatic ring is 1. The molecule has 94 valence electrons. The van der Waals surface area contributed by atoms with Gasteiger partial charge in [0.1, 0.15) is 6.10 Å². The Balaban J connectivity index is 2.13. The Hall–Kier alpha value is -2.39. The minimum absolute atomic E-state index is 0.537. The van der Waals surface area contributed by atoms with Gasteiger partial charge in [0.2, 0.25) is 0 Å². The van der Waals surface area contributed by atoms with Gasteiger partial charge < -0.3 is 10.8 Å². The predicted octanol–water partition coefficient (Wildman–Crippen LogP) is 2.90. The lowest BCUT2D eigenvalue weighted by Gasteiger charge is -2.15. The number of aliphatic hydroxyl groups is 1. The average molecular weight is 250 g/mol. The third kappa shape index (κ3) is 2.04. The zero-order valence-corrected chi connectivity index (χ0v) is 10.3. The standard InChI is InChI=1S/C16H14N2O/c17-14-13(16(19)12-5-2-1-3-6-12)9-8-11-7-4-10-18-15(11)14/h1-10,16,19H,17H2. The van der Waals surface area contributed by atoms with E-state index >= 15 is 0 Å². The number of rotatable bonds is 2. The molecule has 3 nitrogen and oxygen atoms in total. The van der Waals surface area contributed by atoms with E-state index in [1.807, 2.05) is 54.6 Å². The van der Waals surface area contributed by atoms with E-state index in [2.05, 4.69) is 4.98 Å². The molecule has 0 aliphatic heterocycles.